The lowest BCUT2D eigenvalue weighted by Gasteiger charge is -2.40. The van der Waals surface area contributed by atoms with Gasteiger partial charge >= 0.3 is 12.4 Å². The van der Waals surface area contributed by atoms with Gasteiger partial charge in [-0.3, -0.25) is 14.5 Å². The van der Waals surface area contributed by atoms with Gasteiger partial charge in [-0.1, -0.05) is 24.3 Å². The van der Waals surface area contributed by atoms with Gasteiger partial charge in [0.2, 0.25) is 11.8 Å². The van der Waals surface area contributed by atoms with Gasteiger partial charge in [-0.15, -0.1) is 0 Å². The van der Waals surface area contributed by atoms with E-state index in [1.165, 1.54) is 6.92 Å². The van der Waals surface area contributed by atoms with Crippen molar-refractivity contribution in [3.63, 3.8) is 0 Å². The van der Waals surface area contributed by atoms with Gasteiger partial charge in [-0.2, -0.15) is 26.3 Å². The van der Waals surface area contributed by atoms with E-state index >= 15 is 0 Å². The molecule has 0 aliphatic carbocycles. The molecule has 0 unspecified atom stereocenters. The van der Waals surface area contributed by atoms with Crippen molar-refractivity contribution in [2.75, 3.05) is 45.8 Å². The summed E-state index contributed by atoms with van der Waals surface area (Å²) in [6.07, 6.45) is -10.0. The summed E-state index contributed by atoms with van der Waals surface area (Å²) >= 11 is 0. The molecule has 0 aromatic heterocycles. The predicted octanol–water partition coefficient (Wildman–Crippen LogP) is 5.10. The Bertz CT molecular complexity index is 1210. The highest BCUT2D eigenvalue weighted by Crippen LogP contribution is 2.37. The highest BCUT2D eigenvalue weighted by Gasteiger charge is 2.38. The van der Waals surface area contributed by atoms with Crippen LogP contribution in [0.3, 0.4) is 0 Å². The third-order valence-corrected chi connectivity index (χ3v) is 7.79. The molecule has 12 heteroatoms. The molecule has 224 valence electrons. The first-order chi connectivity index (χ1) is 19.2. The van der Waals surface area contributed by atoms with E-state index in [4.69, 9.17) is 4.74 Å². The summed E-state index contributed by atoms with van der Waals surface area (Å²) in [4.78, 5) is 30.1. The van der Waals surface area contributed by atoms with E-state index in [2.05, 4.69) is 0 Å². The Morgan fingerprint density at radius 2 is 1.49 bits per heavy atom. The average molecular weight is 586 g/mol. The minimum atomic E-state index is -4.95. The first-order valence-electron chi connectivity index (χ1n) is 13.4. The fourth-order valence-electron chi connectivity index (χ4n) is 5.49. The molecule has 41 heavy (non-hydrogen) atoms. The molecule has 0 spiro atoms. The van der Waals surface area contributed by atoms with E-state index < -0.39 is 36.2 Å². The number of halogens is 6. The molecule has 2 aliphatic rings. The SMILES string of the molecule is CC(=O)N1CCN(CC(=O)N2CC[C@@H](c3ccccc3C)[C@@H](OCc3cc(C(F)(F)F)cc(C(F)(F)F)c3)C2)CC1. The Hall–Kier alpha value is -3.12. The fraction of sp³-hybridized carbons (Fsp3) is 0.517. The van der Waals surface area contributed by atoms with Crippen molar-refractivity contribution in [1.29, 1.82) is 0 Å². The van der Waals surface area contributed by atoms with Crippen LogP contribution in [0, 0.1) is 6.92 Å². The lowest BCUT2D eigenvalue weighted by Crippen LogP contribution is -2.53. The summed E-state index contributed by atoms with van der Waals surface area (Å²) in [6.45, 7) is 5.86. The summed E-state index contributed by atoms with van der Waals surface area (Å²) in [5.41, 5.74) is -1.10. The van der Waals surface area contributed by atoms with E-state index in [1.54, 1.807) is 9.80 Å². The number of aryl methyl sites for hydroxylation is 1. The van der Waals surface area contributed by atoms with Crippen LogP contribution >= 0.6 is 0 Å². The van der Waals surface area contributed by atoms with Crippen molar-refractivity contribution in [2.45, 2.75) is 51.2 Å². The number of piperidine rings is 1. The van der Waals surface area contributed by atoms with Crippen molar-refractivity contribution >= 4 is 11.8 Å². The van der Waals surface area contributed by atoms with Crippen LogP contribution in [0.5, 0.6) is 0 Å². The van der Waals surface area contributed by atoms with Crippen molar-refractivity contribution in [3.05, 3.63) is 70.3 Å². The number of amides is 2. The number of rotatable bonds is 6. The highest BCUT2D eigenvalue weighted by molar-refractivity contribution is 5.78. The molecule has 2 aromatic rings. The summed E-state index contributed by atoms with van der Waals surface area (Å²) in [7, 11) is 0. The first-order valence-corrected chi connectivity index (χ1v) is 13.4. The Labute approximate surface area is 234 Å². The third kappa shape index (κ3) is 7.79. The van der Waals surface area contributed by atoms with Crippen LogP contribution in [-0.4, -0.2) is 78.4 Å². The number of hydrogen-bond acceptors (Lipinski definition) is 4. The maximum absolute atomic E-state index is 13.4. The maximum atomic E-state index is 13.4. The van der Waals surface area contributed by atoms with Crippen LogP contribution < -0.4 is 0 Å². The average Bonchev–Trinajstić information content (AvgIpc) is 2.91. The molecular formula is C29H33F6N3O3. The Kier molecular flexibility index (Phi) is 9.32. The van der Waals surface area contributed by atoms with Gasteiger partial charge in [0.1, 0.15) is 0 Å². The Morgan fingerprint density at radius 3 is 2.05 bits per heavy atom. The van der Waals surface area contributed by atoms with E-state index in [9.17, 15) is 35.9 Å². The topological polar surface area (TPSA) is 53.1 Å². The largest absolute Gasteiger partial charge is 0.416 e. The van der Waals surface area contributed by atoms with Gasteiger partial charge in [-0.25, -0.2) is 0 Å². The number of piperazine rings is 1. The molecule has 0 radical (unpaired) electrons. The number of ether oxygens (including phenoxy) is 1. The van der Waals surface area contributed by atoms with Crippen LogP contribution in [0.2, 0.25) is 0 Å². The second kappa shape index (κ2) is 12.4. The van der Waals surface area contributed by atoms with E-state index in [0.29, 0.717) is 51.3 Å². The van der Waals surface area contributed by atoms with Gasteiger partial charge in [0.25, 0.3) is 0 Å². The number of likely N-dealkylation sites (tertiary alicyclic amines) is 1. The van der Waals surface area contributed by atoms with Gasteiger partial charge in [0, 0.05) is 52.1 Å². The molecule has 0 bridgehead atoms. The second-order valence-corrected chi connectivity index (χ2v) is 10.6. The molecule has 0 saturated carbocycles. The van der Waals surface area contributed by atoms with Gasteiger partial charge in [0.15, 0.2) is 0 Å². The quantitative estimate of drug-likeness (QED) is 0.443. The number of benzene rings is 2. The first kappa shape index (κ1) is 30.8. The number of carbonyl (C=O) groups excluding carboxylic acids is 2. The van der Waals surface area contributed by atoms with Crippen molar-refractivity contribution in [2.24, 2.45) is 0 Å². The molecule has 0 N–H and O–H groups in total. The highest BCUT2D eigenvalue weighted by atomic mass is 19.4. The monoisotopic (exact) mass is 585 g/mol. The molecular weight excluding hydrogens is 552 g/mol. The van der Waals surface area contributed by atoms with E-state index in [0.717, 1.165) is 11.1 Å². The maximum Gasteiger partial charge on any atom is 0.416 e. The van der Waals surface area contributed by atoms with E-state index in [-0.39, 0.29) is 42.5 Å². The van der Waals surface area contributed by atoms with Crippen molar-refractivity contribution in [1.82, 2.24) is 14.7 Å². The van der Waals surface area contributed by atoms with Crippen LogP contribution in [-0.2, 0) is 33.3 Å². The van der Waals surface area contributed by atoms with Gasteiger partial charge in [0.05, 0.1) is 30.4 Å². The normalized spacial score (nSPS) is 20.8. The summed E-state index contributed by atoms with van der Waals surface area (Å²) < 4.78 is 86.3. The van der Waals surface area contributed by atoms with Gasteiger partial charge in [-0.05, 0) is 48.2 Å². The van der Waals surface area contributed by atoms with Gasteiger partial charge < -0.3 is 14.5 Å². The van der Waals surface area contributed by atoms with Crippen LogP contribution in [0.15, 0.2) is 42.5 Å². The third-order valence-electron chi connectivity index (χ3n) is 7.79. The number of alkyl halides is 6. The molecule has 2 aromatic carbocycles. The zero-order valence-electron chi connectivity index (χ0n) is 22.9. The number of hydrogen-bond donors (Lipinski definition) is 0. The van der Waals surface area contributed by atoms with E-state index in [1.807, 2.05) is 36.1 Å². The smallest absolute Gasteiger partial charge is 0.371 e. The summed E-state index contributed by atoms with van der Waals surface area (Å²) in [5.74, 6) is -0.360. The standard InChI is InChI=1S/C29H33F6N3O3/c1-19-5-3-4-6-24(19)25-7-8-38(27(40)17-36-9-11-37(12-10-36)20(2)39)16-26(25)41-18-21-13-22(28(30,31)32)15-23(14-21)29(33,34)35/h3-6,13-15,25-26H,7-12,16-18H2,1-2H3/t25-,26-/m0/s1. The van der Waals surface area contributed by atoms with Crippen LogP contribution in [0.1, 0.15) is 47.1 Å². The second-order valence-electron chi connectivity index (χ2n) is 10.6. The zero-order valence-corrected chi connectivity index (χ0v) is 22.9. The molecule has 4 rings (SSSR count). The molecule has 2 fully saturated rings. The van der Waals surface area contributed by atoms with Crippen LogP contribution in [0.25, 0.3) is 0 Å². The molecule has 6 nitrogen and oxygen atoms in total. The Balaban J connectivity index is 1.51. The fourth-order valence-corrected chi connectivity index (χ4v) is 5.49. The zero-order chi connectivity index (χ0) is 29.9. The summed E-state index contributed by atoms with van der Waals surface area (Å²) in [6, 6.07) is 9.02. The lowest BCUT2D eigenvalue weighted by atomic mass is 9.84. The number of carbonyl (C=O) groups is 2. The molecule has 2 amide bonds. The minimum Gasteiger partial charge on any atom is -0.371 e. The number of nitrogens with zero attached hydrogens (tertiary/aromatic N) is 3. The van der Waals surface area contributed by atoms with Crippen molar-refractivity contribution < 1.29 is 40.7 Å². The molecule has 2 heterocycles. The minimum absolute atomic E-state index is 0.0163. The summed E-state index contributed by atoms with van der Waals surface area (Å²) in [5, 5.41) is 0. The molecule has 2 atom stereocenters. The Morgan fingerprint density at radius 1 is 0.878 bits per heavy atom. The van der Waals surface area contributed by atoms with Crippen molar-refractivity contribution in [3.8, 4) is 0 Å². The van der Waals surface area contributed by atoms with Crippen LogP contribution in [0.4, 0.5) is 26.3 Å². The molecule has 2 saturated heterocycles. The predicted molar refractivity (Wildman–Crippen MR) is 139 cm³/mol. The lowest BCUT2D eigenvalue weighted by molar-refractivity contribution is -0.144. The molecule has 2 aliphatic heterocycles.